The van der Waals surface area contributed by atoms with E-state index >= 15 is 0 Å². The Kier molecular flexibility index (Phi) is 5.54. The second kappa shape index (κ2) is 7.88. The Morgan fingerprint density at radius 1 is 1.12 bits per heavy atom. The van der Waals surface area contributed by atoms with Crippen LogP contribution in [0.1, 0.15) is 90.5 Å². The van der Waals surface area contributed by atoms with E-state index in [-0.39, 0.29) is 5.41 Å². The predicted octanol–water partition coefficient (Wildman–Crippen LogP) is 5.03. The van der Waals surface area contributed by atoms with E-state index < -0.39 is 11.2 Å². The van der Waals surface area contributed by atoms with Crippen molar-refractivity contribution in [3.63, 3.8) is 0 Å². The van der Waals surface area contributed by atoms with Crippen LogP contribution < -0.4 is 0 Å². The van der Waals surface area contributed by atoms with E-state index in [0.717, 1.165) is 48.5 Å². The van der Waals surface area contributed by atoms with Crippen LogP contribution in [0, 0.1) is 53.3 Å². The molecular weight excluding hydrogens is 396 g/mol. The number of fused-ring (bicyclic) bond motifs is 5. The lowest BCUT2D eigenvalue weighted by atomic mass is 9.49. The van der Waals surface area contributed by atoms with Crippen LogP contribution in [-0.4, -0.2) is 31.2 Å². The van der Waals surface area contributed by atoms with E-state index in [2.05, 4.69) is 24.9 Å². The quantitative estimate of drug-likeness (QED) is 0.651. The maximum Gasteiger partial charge on any atom is 0.0848 e. The zero-order valence-corrected chi connectivity index (χ0v) is 20.3. The summed E-state index contributed by atoms with van der Waals surface area (Å²) < 4.78 is 1.83. The van der Waals surface area contributed by atoms with Crippen LogP contribution in [0.3, 0.4) is 0 Å². The first-order chi connectivity index (χ1) is 15.1. The van der Waals surface area contributed by atoms with Crippen LogP contribution in [0.25, 0.3) is 0 Å². The van der Waals surface area contributed by atoms with Crippen LogP contribution in [0.2, 0.25) is 0 Å². The van der Waals surface area contributed by atoms with Gasteiger partial charge in [0.05, 0.1) is 29.5 Å². The third-order valence-electron chi connectivity index (χ3n) is 10.5. The molecule has 4 saturated carbocycles. The van der Waals surface area contributed by atoms with Crippen molar-refractivity contribution >= 4 is 0 Å². The van der Waals surface area contributed by atoms with Crippen molar-refractivity contribution in [1.82, 2.24) is 9.78 Å². The van der Waals surface area contributed by atoms with Crippen molar-refractivity contribution in [2.45, 2.75) is 103 Å². The fourth-order valence-electron chi connectivity index (χ4n) is 9.31. The third-order valence-corrected chi connectivity index (χ3v) is 10.5. The average Bonchev–Trinajstić information content (AvgIpc) is 3.27. The molecule has 0 amide bonds. The summed E-state index contributed by atoms with van der Waals surface area (Å²) in [6, 6.07) is 0. The van der Waals surface area contributed by atoms with Gasteiger partial charge in [0.1, 0.15) is 0 Å². The van der Waals surface area contributed by atoms with Crippen molar-refractivity contribution in [1.29, 1.82) is 0 Å². The molecule has 0 aromatic carbocycles. The summed E-state index contributed by atoms with van der Waals surface area (Å²) in [4.78, 5) is 0. The lowest BCUT2D eigenvalue weighted by Gasteiger charge is -2.56. The van der Waals surface area contributed by atoms with Crippen LogP contribution in [0.15, 0.2) is 12.4 Å². The SMILES string of the molecule is C#Cc1cnn(C[C@@](C)(O)[C@H]2CC[C@H]3[C@@H]4CC[C@@H]5C[C@](C)(O)CCC[C@@H]5[C@H]4CC[C@@]32C)c1. The van der Waals surface area contributed by atoms with Gasteiger partial charge in [-0.05, 0) is 113 Å². The van der Waals surface area contributed by atoms with Gasteiger partial charge in [0.15, 0.2) is 0 Å². The first kappa shape index (κ1) is 22.5. The predicted molar refractivity (Wildman–Crippen MR) is 127 cm³/mol. The van der Waals surface area contributed by atoms with Crippen molar-refractivity contribution in [3.05, 3.63) is 18.0 Å². The summed E-state index contributed by atoms with van der Waals surface area (Å²) in [6.07, 6.45) is 21.1. The van der Waals surface area contributed by atoms with Gasteiger partial charge in [0.2, 0.25) is 0 Å². The molecule has 0 saturated heterocycles. The molecular formula is C28H42N2O2. The molecule has 0 spiro atoms. The zero-order chi connectivity index (χ0) is 22.7. The average molecular weight is 439 g/mol. The molecule has 4 fully saturated rings. The summed E-state index contributed by atoms with van der Waals surface area (Å²) in [6.45, 7) is 7.09. The smallest absolute Gasteiger partial charge is 0.0848 e. The summed E-state index contributed by atoms with van der Waals surface area (Å²) >= 11 is 0. The lowest BCUT2D eigenvalue weighted by Crippen LogP contribution is -2.52. The molecule has 4 nitrogen and oxygen atoms in total. The molecule has 32 heavy (non-hydrogen) atoms. The molecule has 2 N–H and O–H groups in total. The summed E-state index contributed by atoms with van der Waals surface area (Å²) in [7, 11) is 0. The van der Waals surface area contributed by atoms with Gasteiger partial charge in [-0.3, -0.25) is 4.68 Å². The first-order valence-electron chi connectivity index (χ1n) is 13.1. The van der Waals surface area contributed by atoms with Crippen LogP contribution >= 0.6 is 0 Å². The Morgan fingerprint density at radius 3 is 2.69 bits per heavy atom. The zero-order valence-electron chi connectivity index (χ0n) is 20.3. The van der Waals surface area contributed by atoms with Crippen LogP contribution in [0.5, 0.6) is 0 Å². The number of aromatic nitrogens is 2. The van der Waals surface area contributed by atoms with Gasteiger partial charge in [-0.25, -0.2) is 0 Å². The standard InChI is InChI=1S/C28H42N2O2/c1-5-19-16-29-30(17-19)18-28(4,32)25-11-10-24-23-9-8-20-15-26(2,31)13-6-7-21(20)22(23)12-14-27(24,25)3/h1,16-17,20-25,31-32H,6-15,18H2,2-4H3/t20-,21+,22-,23-,24+,25+,26-,27+,28-/m1/s1. The maximum atomic E-state index is 11.7. The van der Waals surface area contributed by atoms with E-state index in [1.807, 2.05) is 17.8 Å². The second-order valence-electron chi connectivity index (χ2n) is 12.6. The normalized spacial score (nSPS) is 45.6. The fraction of sp³-hybridized carbons (Fsp3) is 0.821. The van der Waals surface area contributed by atoms with Crippen LogP contribution in [0.4, 0.5) is 0 Å². The van der Waals surface area contributed by atoms with Gasteiger partial charge < -0.3 is 10.2 Å². The highest BCUT2D eigenvalue weighted by molar-refractivity contribution is 5.26. The van der Waals surface area contributed by atoms with E-state index in [1.54, 1.807) is 6.20 Å². The van der Waals surface area contributed by atoms with Gasteiger partial charge in [0.25, 0.3) is 0 Å². The lowest BCUT2D eigenvalue weighted by molar-refractivity contribution is -0.113. The van der Waals surface area contributed by atoms with Crippen LogP contribution in [-0.2, 0) is 6.54 Å². The maximum absolute atomic E-state index is 11.7. The molecule has 0 unspecified atom stereocenters. The first-order valence-corrected chi connectivity index (χ1v) is 13.1. The number of aliphatic hydroxyl groups is 2. The molecule has 4 aliphatic rings. The molecule has 0 radical (unpaired) electrons. The van der Waals surface area contributed by atoms with Crippen molar-refractivity contribution in [2.75, 3.05) is 0 Å². The Bertz CT molecular complexity index is 880. The number of rotatable bonds is 3. The monoisotopic (exact) mass is 438 g/mol. The molecule has 1 aromatic heterocycles. The Labute approximate surface area is 194 Å². The van der Waals surface area contributed by atoms with Crippen molar-refractivity contribution in [2.24, 2.45) is 40.9 Å². The van der Waals surface area contributed by atoms with E-state index in [0.29, 0.717) is 18.4 Å². The topological polar surface area (TPSA) is 58.3 Å². The number of nitrogens with zero attached hydrogens (tertiary/aromatic N) is 2. The number of hydrogen-bond acceptors (Lipinski definition) is 3. The summed E-state index contributed by atoms with van der Waals surface area (Å²) in [5.41, 5.74) is -0.267. The molecule has 9 atom stereocenters. The molecule has 1 heterocycles. The molecule has 4 heteroatoms. The minimum Gasteiger partial charge on any atom is -0.390 e. The fourth-order valence-corrected chi connectivity index (χ4v) is 9.31. The highest BCUT2D eigenvalue weighted by Crippen LogP contribution is 2.65. The molecule has 1 aromatic rings. The molecule has 4 aliphatic carbocycles. The Hall–Kier alpha value is -1.31. The molecule has 5 rings (SSSR count). The minimum absolute atomic E-state index is 0.204. The van der Waals surface area contributed by atoms with Gasteiger partial charge in [-0.1, -0.05) is 19.3 Å². The Balaban J connectivity index is 1.34. The number of terminal acetylenes is 1. The molecule has 0 bridgehead atoms. The van der Waals surface area contributed by atoms with Gasteiger partial charge >= 0.3 is 0 Å². The molecule has 0 aliphatic heterocycles. The molecule has 176 valence electrons. The highest BCUT2D eigenvalue weighted by atomic mass is 16.3. The van der Waals surface area contributed by atoms with E-state index in [4.69, 9.17) is 6.42 Å². The third kappa shape index (κ3) is 3.74. The van der Waals surface area contributed by atoms with Crippen molar-refractivity contribution < 1.29 is 10.2 Å². The van der Waals surface area contributed by atoms with Gasteiger partial charge in [-0.2, -0.15) is 5.10 Å². The van der Waals surface area contributed by atoms with Gasteiger partial charge in [0, 0.05) is 6.20 Å². The largest absolute Gasteiger partial charge is 0.390 e. The minimum atomic E-state index is -0.785. The summed E-state index contributed by atoms with van der Waals surface area (Å²) in [5, 5.41) is 26.9. The van der Waals surface area contributed by atoms with E-state index in [9.17, 15) is 10.2 Å². The number of hydrogen-bond donors (Lipinski definition) is 2. The van der Waals surface area contributed by atoms with Crippen molar-refractivity contribution in [3.8, 4) is 12.3 Å². The van der Waals surface area contributed by atoms with E-state index in [1.165, 1.54) is 44.9 Å². The second-order valence-corrected chi connectivity index (χ2v) is 12.6. The highest BCUT2D eigenvalue weighted by Gasteiger charge is 2.60. The summed E-state index contributed by atoms with van der Waals surface area (Å²) in [5.74, 6) is 6.81. The Morgan fingerprint density at radius 2 is 1.94 bits per heavy atom. The van der Waals surface area contributed by atoms with Gasteiger partial charge in [-0.15, -0.1) is 6.42 Å².